The van der Waals surface area contributed by atoms with E-state index in [4.69, 9.17) is 9.47 Å². The lowest BCUT2D eigenvalue weighted by molar-refractivity contribution is 0.101. The Bertz CT molecular complexity index is 507. The highest BCUT2D eigenvalue weighted by Gasteiger charge is 2.31. The van der Waals surface area contributed by atoms with Crippen molar-refractivity contribution in [3.8, 4) is 5.75 Å². The summed E-state index contributed by atoms with van der Waals surface area (Å²) in [5.74, 6) is 1.43. The van der Waals surface area contributed by atoms with Crippen LogP contribution in [0.25, 0.3) is 0 Å². The fraction of sp³-hybridized carbons (Fsp3) is 0.611. The molecule has 0 unspecified atom stereocenters. The van der Waals surface area contributed by atoms with Crippen molar-refractivity contribution in [1.82, 2.24) is 4.90 Å². The van der Waals surface area contributed by atoms with Crippen molar-refractivity contribution in [1.29, 1.82) is 0 Å². The van der Waals surface area contributed by atoms with E-state index in [9.17, 15) is 4.79 Å². The van der Waals surface area contributed by atoms with Crippen molar-refractivity contribution in [3.63, 3.8) is 0 Å². The van der Waals surface area contributed by atoms with Gasteiger partial charge < -0.3 is 9.47 Å². The number of ether oxygens (including phenoxy) is 2. The van der Waals surface area contributed by atoms with Gasteiger partial charge in [-0.1, -0.05) is 12.1 Å². The minimum atomic E-state index is 0.0535. The Labute approximate surface area is 132 Å². The Hall–Kier alpha value is -1.39. The van der Waals surface area contributed by atoms with Gasteiger partial charge in [0.1, 0.15) is 12.4 Å². The molecular formula is C18H25NO3. The average Bonchev–Trinajstić information content (AvgIpc) is 3.24. The zero-order chi connectivity index (χ0) is 15.4. The lowest BCUT2D eigenvalue weighted by atomic mass is 10.1. The summed E-state index contributed by atoms with van der Waals surface area (Å²) in [6, 6.07) is 8.22. The number of para-hydroxylation sites is 1. The summed E-state index contributed by atoms with van der Waals surface area (Å²) in [6.07, 6.45) is 3.78. The molecule has 1 aromatic carbocycles. The molecule has 1 saturated carbocycles. The largest absolute Gasteiger partial charge is 0.491 e. The number of carbonyl (C=O) groups is 1. The first kappa shape index (κ1) is 15.5. The van der Waals surface area contributed by atoms with Crippen LogP contribution in [0.15, 0.2) is 24.3 Å². The van der Waals surface area contributed by atoms with Crippen molar-refractivity contribution in [2.75, 3.05) is 32.9 Å². The van der Waals surface area contributed by atoms with E-state index in [1.54, 1.807) is 6.92 Å². The lowest BCUT2D eigenvalue weighted by Gasteiger charge is -2.25. The van der Waals surface area contributed by atoms with Crippen LogP contribution in [0.1, 0.15) is 36.5 Å². The van der Waals surface area contributed by atoms with Gasteiger partial charge in [0, 0.05) is 25.7 Å². The molecule has 22 heavy (non-hydrogen) atoms. The first-order chi connectivity index (χ1) is 10.7. The number of ketones is 1. The van der Waals surface area contributed by atoms with Crippen molar-refractivity contribution < 1.29 is 14.3 Å². The van der Waals surface area contributed by atoms with Crippen LogP contribution in [0.4, 0.5) is 0 Å². The summed E-state index contributed by atoms with van der Waals surface area (Å²) in [6.45, 7) is 6.06. The Balaban J connectivity index is 1.51. The maximum atomic E-state index is 11.6. The molecule has 4 nitrogen and oxygen atoms in total. The van der Waals surface area contributed by atoms with E-state index < -0.39 is 0 Å². The van der Waals surface area contributed by atoms with Crippen LogP contribution in [0.3, 0.4) is 0 Å². The summed E-state index contributed by atoms with van der Waals surface area (Å²) in [4.78, 5) is 14.1. The molecule has 0 spiro atoms. The van der Waals surface area contributed by atoms with E-state index in [0.717, 1.165) is 32.3 Å². The standard InChI is InChI=1S/C18H25NO3/c1-14(20)17-4-2-3-5-18(17)22-11-9-19(16-6-7-16)12-15-8-10-21-13-15/h2-5,15-16H,6-13H2,1H3/t15-/m0/s1. The molecule has 1 aliphatic heterocycles. The molecule has 1 atom stereocenters. The number of carbonyl (C=O) groups excluding carboxylic acids is 1. The van der Waals surface area contributed by atoms with Gasteiger partial charge in [0.25, 0.3) is 0 Å². The molecule has 2 aliphatic rings. The zero-order valence-electron chi connectivity index (χ0n) is 13.3. The third-order valence-electron chi connectivity index (χ3n) is 4.48. The van der Waals surface area contributed by atoms with Gasteiger partial charge in [-0.2, -0.15) is 0 Å². The number of Topliss-reactive ketones (excluding diaryl/α,β-unsaturated/α-hetero) is 1. The molecule has 1 aliphatic carbocycles. The van der Waals surface area contributed by atoms with Crippen molar-refractivity contribution >= 4 is 5.78 Å². The molecule has 120 valence electrons. The van der Waals surface area contributed by atoms with E-state index in [1.807, 2.05) is 24.3 Å². The molecule has 0 bridgehead atoms. The minimum Gasteiger partial charge on any atom is -0.491 e. The topological polar surface area (TPSA) is 38.8 Å². The quantitative estimate of drug-likeness (QED) is 0.692. The Morgan fingerprint density at radius 2 is 2.14 bits per heavy atom. The third kappa shape index (κ3) is 4.08. The average molecular weight is 303 g/mol. The van der Waals surface area contributed by atoms with Crippen molar-refractivity contribution in [3.05, 3.63) is 29.8 Å². The maximum absolute atomic E-state index is 11.6. The summed E-state index contributed by atoms with van der Waals surface area (Å²) in [5.41, 5.74) is 0.671. The van der Waals surface area contributed by atoms with Gasteiger partial charge in [0.05, 0.1) is 12.2 Å². The number of benzene rings is 1. The van der Waals surface area contributed by atoms with Crippen molar-refractivity contribution in [2.45, 2.75) is 32.2 Å². The van der Waals surface area contributed by atoms with Gasteiger partial charge >= 0.3 is 0 Å². The van der Waals surface area contributed by atoms with E-state index in [0.29, 0.717) is 23.8 Å². The van der Waals surface area contributed by atoms with Crippen LogP contribution in [0.5, 0.6) is 5.75 Å². The molecule has 1 heterocycles. The number of hydrogen-bond donors (Lipinski definition) is 0. The van der Waals surface area contributed by atoms with Crippen LogP contribution < -0.4 is 4.74 Å². The van der Waals surface area contributed by atoms with E-state index in [2.05, 4.69) is 4.90 Å². The van der Waals surface area contributed by atoms with Crippen LogP contribution in [0, 0.1) is 5.92 Å². The van der Waals surface area contributed by atoms with E-state index in [1.165, 1.54) is 19.3 Å². The molecular weight excluding hydrogens is 278 g/mol. The molecule has 4 heteroatoms. The van der Waals surface area contributed by atoms with Crippen LogP contribution in [-0.2, 0) is 4.74 Å². The summed E-state index contributed by atoms with van der Waals surface area (Å²) in [7, 11) is 0. The first-order valence-corrected chi connectivity index (χ1v) is 8.28. The fourth-order valence-corrected chi connectivity index (χ4v) is 3.08. The number of hydrogen-bond acceptors (Lipinski definition) is 4. The second kappa shape index (κ2) is 7.25. The first-order valence-electron chi connectivity index (χ1n) is 8.28. The Morgan fingerprint density at radius 3 is 2.82 bits per heavy atom. The van der Waals surface area contributed by atoms with Gasteiger partial charge in [-0.15, -0.1) is 0 Å². The molecule has 2 fully saturated rings. The summed E-state index contributed by atoms with van der Waals surface area (Å²) < 4.78 is 11.4. The van der Waals surface area contributed by atoms with Gasteiger partial charge in [-0.3, -0.25) is 9.69 Å². The molecule has 1 saturated heterocycles. The Kier molecular flexibility index (Phi) is 5.11. The van der Waals surface area contributed by atoms with Crippen LogP contribution in [-0.4, -0.2) is 49.6 Å². The molecule has 3 rings (SSSR count). The highest BCUT2D eigenvalue weighted by atomic mass is 16.5. The monoisotopic (exact) mass is 303 g/mol. The highest BCUT2D eigenvalue weighted by molar-refractivity contribution is 5.96. The fourth-order valence-electron chi connectivity index (χ4n) is 3.08. The maximum Gasteiger partial charge on any atom is 0.163 e. The van der Waals surface area contributed by atoms with E-state index in [-0.39, 0.29) is 5.78 Å². The normalized spacial score (nSPS) is 21.3. The van der Waals surface area contributed by atoms with Crippen molar-refractivity contribution in [2.24, 2.45) is 5.92 Å². The molecule has 0 aromatic heterocycles. The van der Waals surface area contributed by atoms with Crippen LogP contribution >= 0.6 is 0 Å². The Morgan fingerprint density at radius 1 is 1.32 bits per heavy atom. The number of rotatable bonds is 8. The second-order valence-electron chi connectivity index (χ2n) is 6.36. The second-order valence-corrected chi connectivity index (χ2v) is 6.36. The van der Waals surface area contributed by atoms with Gasteiger partial charge in [-0.05, 0) is 44.2 Å². The number of nitrogens with zero attached hydrogens (tertiary/aromatic N) is 1. The molecule has 0 N–H and O–H groups in total. The zero-order valence-corrected chi connectivity index (χ0v) is 13.3. The third-order valence-corrected chi connectivity index (χ3v) is 4.48. The lowest BCUT2D eigenvalue weighted by Crippen LogP contribution is -2.35. The van der Waals surface area contributed by atoms with E-state index >= 15 is 0 Å². The smallest absolute Gasteiger partial charge is 0.163 e. The molecule has 1 aromatic rings. The van der Waals surface area contributed by atoms with Gasteiger partial charge in [0.2, 0.25) is 0 Å². The minimum absolute atomic E-state index is 0.0535. The van der Waals surface area contributed by atoms with Gasteiger partial charge in [0.15, 0.2) is 5.78 Å². The molecule has 0 radical (unpaired) electrons. The predicted molar refractivity (Wildman–Crippen MR) is 85.5 cm³/mol. The van der Waals surface area contributed by atoms with Crippen LogP contribution in [0.2, 0.25) is 0 Å². The predicted octanol–water partition coefficient (Wildman–Crippen LogP) is 2.77. The summed E-state index contributed by atoms with van der Waals surface area (Å²) >= 11 is 0. The van der Waals surface area contributed by atoms with Gasteiger partial charge in [-0.25, -0.2) is 0 Å². The summed E-state index contributed by atoms with van der Waals surface area (Å²) in [5, 5.41) is 0. The SMILES string of the molecule is CC(=O)c1ccccc1OCCN(C[C@@H]1CCOC1)C1CC1. The highest BCUT2D eigenvalue weighted by Crippen LogP contribution is 2.29. The molecule has 0 amide bonds.